The highest BCUT2D eigenvalue weighted by atomic mass is 16.5. The monoisotopic (exact) mass is 489 g/mol. The molecule has 5 fully saturated rings. The van der Waals surface area contributed by atoms with Crippen LogP contribution in [-0.2, 0) is 9.53 Å². The number of rotatable bonds is 8. The Bertz CT molecular complexity index is 763. The highest BCUT2D eigenvalue weighted by Crippen LogP contribution is 2.67. The molecule has 5 aliphatic rings. The summed E-state index contributed by atoms with van der Waals surface area (Å²) in [7, 11) is 1.87. The van der Waals surface area contributed by atoms with E-state index in [9.17, 15) is 9.90 Å². The number of nitrogens with zero attached hydrogens (tertiary/aromatic N) is 2. The van der Waals surface area contributed by atoms with Crippen molar-refractivity contribution < 1.29 is 14.6 Å². The molecule has 0 aromatic heterocycles. The minimum atomic E-state index is -0.122. The Balaban J connectivity index is 1.27. The fourth-order valence-electron chi connectivity index (χ4n) is 9.84. The first-order valence-corrected chi connectivity index (χ1v) is 14.8. The van der Waals surface area contributed by atoms with Gasteiger partial charge in [-0.3, -0.25) is 4.79 Å². The van der Waals surface area contributed by atoms with Crippen LogP contribution in [0.4, 0.5) is 0 Å². The Morgan fingerprint density at radius 2 is 1.94 bits per heavy atom. The lowest BCUT2D eigenvalue weighted by atomic mass is 9.44. The van der Waals surface area contributed by atoms with Gasteiger partial charge in [-0.15, -0.1) is 0 Å². The molecule has 2 N–H and O–H groups in total. The number of ketones is 1. The number of carbonyl (C=O) groups excluding carboxylic acids is 1. The second kappa shape index (κ2) is 10.3. The van der Waals surface area contributed by atoms with Crippen molar-refractivity contribution in [1.82, 2.24) is 15.6 Å². The van der Waals surface area contributed by atoms with E-state index in [1.165, 1.54) is 44.9 Å². The van der Waals surface area contributed by atoms with Gasteiger partial charge in [0.25, 0.3) is 0 Å². The second-order valence-corrected chi connectivity index (χ2v) is 13.3. The van der Waals surface area contributed by atoms with E-state index in [-0.39, 0.29) is 22.9 Å². The van der Waals surface area contributed by atoms with Crippen LogP contribution >= 0.6 is 0 Å². The van der Waals surface area contributed by atoms with Gasteiger partial charge in [0.05, 0.1) is 19.3 Å². The third-order valence-electron chi connectivity index (χ3n) is 11.5. The van der Waals surface area contributed by atoms with Crippen LogP contribution in [0.5, 0.6) is 0 Å². The van der Waals surface area contributed by atoms with Crippen molar-refractivity contribution in [3.05, 3.63) is 0 Å². The highest BCUT2D eigenvalue weighted by molar-refractivity contribution is 5.84. The molecule has 200 valence electrons. The highest BCUT2D eigenvalue weighted by Gasteiger charge is 2.62. The van der Waals surface area contributed by atoms with Crippen LogP contribution in [0, 0.1) is 40.4 Å². The number of fused-ring (bicyclic) bond motifs is 5. The first-order chi connectivity index (χ1) is 16.8. The lowest BCUT2D eigenvalue weighted by Gasteiger charge is -2.61. The van der Waals surface area contributed by atoms with Crippen molar-refractivity contribution in [1.29, 1.82) is 0 Å². The predicted molar refractivity (Wildman–Crippen MR) is 138 cm³/mol. The molecule has 0 aromatic rings. The Morgan fingerprint density at radius 3 is 2.71 bits per heavy atom. The topological polar surface area (TPSA) is 65.0 Å². The van der Waals surface area contributed by atoms with E-state index in [4.69, 9.17) is 4.74 Å². The summed E-state index contributed by atoms with van der Waals surface area (Å²) < 4.78 is 5.89. The van der Waals surface area contributed by atoms with Crippen molar-refractivity contribution in [2.24, 2.45) is 40.4 Å². The molecule has 0 amide bonds. The van der Waals surface area contributed by atoms with Gasteiger partial charge in [0.2, 0.25) is 0 Å². The molecule has 6 nitrogen and oxygen atoms in total. The van der Waals surface area contributed by atoms with Crippen LogP contribution in [0.2, 0.25) is 0 Å². The average Bonchev–Trinajstić information content (AvgIpc) is 3.36. The van der Waals surface area contributed by atoms with Crippen LogP contribution < -0.4 is 5.53 Å². The molecule has 4 aliphatic carbocycles. The van der Waals surface area contributed by atoms with Crippen molar-refractivity contribution in [3.8, 4) is 0 Å². The standard InChI is InChI=1S/C29H51N3O3/c1-5-6-15-32-20(2)17-31(30-32)18-27(34)26-10-9-24-23-8-7-21-16-22(33)11-14-29(21,19-35-4)25(23)12-13-28(24,26)3/h20-26,30,33H,5-19H2,1-4H3/t20?,21-,22+,23-,24-,25?,26+,28-,29+/m0/s1. The van der Waals surface area contributed by atoms with E-state index in [0.717, 1.165) is 51.3 Å². The number of hydrazine groups is 2. The number of Topliss-reactive ketones (excluding diaryl/α,β-unsaturated/α-hetero) is 1. The quantitative estimate of drug-likeness (QED) is 0.526. The van der Waals surface area contributed by atoms with E-state index >= 15 is 0 Å². The number of nitrogens with one attached hydrogen (secondary N) is 1. The molecule has 6 heteroatoms. The van der Waals surface area contributed by atoms with Gasteiger partial charge in [0.15, 0.2) is 5.78 Å². The molecule has 2 unspecified atom stereocenters. The first kappa shape index (κ1) is 26.1. The summed E-state index contributed by atoms with van der Waals surface area (Å²) in [6, 6.07) is 0.456. The SMILES string of the molecule is CCCCN1NN(CC(=O)[C@H]2CC[C@H]3[C@@H]4CC[C@H]5C[C@H](O)CC[C@]5(COC)C4CC[C@]23C)CC1C. The molecule has 5 rings (SSSR count). The lowest BCUT2D eigenvalue weighted by molar-refractivity contribution is -0.161. The fourth-order valence-corrected chi connectivity index (χ4v) is 9.84. The molecule has 0 radical (unpaired) electrons. The Labute approximate surface area is 213 Å². The Hall–Kier alpha value is -0.530. The van der Waals surface area contributed by atoms with E-state index in [1.54, 1.807) is 0 Å². The smallest absolute Gasteiger partial charge is 0.151 e. The van der Waals surface area contributed by atoms with Gasteiger partial charge in [-0.05, 0) is 106 Å². The molecule has 1 aliphatic heterocycles. The summed E-state index contributed by atoms with van der Waals surface area (Å²) in [4.78, 5) is 13.7. The summed E-state index contributed by atoms with van der Waals surface area (Å²) in [6.07, 6.45) is 12.5. The van der Waals surface area contributed by atoms with Gasteiger partial charge < -0.3 is 9.84 Å². The first-order valence-electron chi connectivity index (χ1n) is 14.8. The Morgan fingerprint density at radius 1 is 1.11 bits per heavy atom. The molecule has 1 heterocycles. The lowest BCUT2D eigenvalue weighted by Crippen LogP contribution is -2.57. The zero-order chi connectivity index (χ0) is 24.8. The van der Waals surface area contributed by atoms with Gasteiger partial charge in [-0.2, -0.15) is 5.53 Å². The minimum absolute atomic E-state index is 0.122. The maximum Gasteiger partial charge on any atom is 0.151 e. The molecule has 0 spiro atoms. The molecule has 35 heavy (non-hydrogen) atoms. The molecule has 1 saturated heterocycles. The number of carbonyl (C=O) groups is 1. The average molecular weight is 490 g/mol. The summed E-state index contributed by atoms with van der Waals surface area (Å²) in [6.45, 7) is 10.3. The van der Waals surface area contributed by atoms with Crippen molar-refractivity contribution >= 4 is 5.78 Å². The van der Waals surface area contributed by atoms with E-state index < -0.39 is 0 Å². The number of aliphatic hydroxyl groups excluding tert-OH is 1. The van der Waals surface area contributed by atoms with Crippen LogP contribution in [-0.4, -0.2) is 66.4 Å². The maximum atomic E-state index is 13.7. The second-order valence-electron chi connectivity index (χ2n) is 13.3. The third kappa shape index (κ3) is 4.54. The van der Waals surface area contributed by atoms with E-state index in [1.807, 2.05) is 7.11 Å². The number of unbranched alkanes of at least 4 members (excludes halogenated alkanes) is 1. The van der Waals surface area contributed by atoms with Gasteiger partial charge in [-0.25, -0.2) is 10.0 Å². The Kier molecular flexibility index (Phi) is 7.69. The van der Waals surface area contributed by atoms with Gasteiger partial charge in [0.1, 0.15) is 0 Å². The van der Waals surface area contributed by atoms with Crippen LogP contribution in [0.1, 0.15) is 91.4 Å². The van der Waals surface area contributed by atoms with Gasteiger partial charge in [0, 0.05) is 32.2 Å². The normalized spacial score (nSPS) is 46.3. The van der Waals surface area contributed by atoms with E-state index in [2.05, 4.69) is 36.3 Å². The summed E-state index contributed by atoms with van der Waals surface area (Å²) >= 11 is 0. The summed E-state index contributed by atoms with van der Waals surface area (Å²) in [5.74, 6) is 3.38. The van der Waals surface area contributed by atoms with Crippen molar-refractivity contribution in [2.75, 3.05) is 33.4 Å². The molecular formula is C29H51N3O3. The molecule has 0 bridgehead atoms. The maximum absolute atomic E-state index is 13.7. The number of methoxy groups -OCH3 is 1. The van der Waals surface area contributed by atoms with Gasteiger partial charge >= 0.3 is 0 Å². The van der Waals surface area contributed by atoms with Crippen molar-refractivity contribution in [3.63, 3.8) is 0 Å². The number of ether oxygens (including phenoxy) is 1. The zero-order valence-electron chi connectivity index (χ0n) is 22.8. The van der Waals surface area contributed by atoms with Crippen LogP contribution in [0.15, 0.2) is 0 Å². The molecule has 4 saturated carbocycles. The van der Waals surface area contributed by atoms with Crippen LogP contribution in [0.25, 0.3) is 0 Å². The third-order valence-corrected chi connectivity index (χ3v) is 11.5. The summed E-state index contributed by atoms with van der Waals surface area (Å²) in [5, 5.41) is 14.9. The fraction of sp³-hybridized carbons (Fsp3) is 0.966. The minimum Gasteiger partial charge on any atom is -0.393 e. The van der Waals surface area contributed by atoms with E-state index in [0.29, 0.717) is 36.1 Å². The number of aliphatic hydroxyl groups is 1. The predicted octanol–water partition coefficient (Wildman–Crippen LogP) is 4.43. The van der Waals surface area contributed by atoms with Gasteiger partial charge in [-0.1, -0.05) is 20.3 Å². The number of hydrogen-bond acceptors (Lipinski definition) is 6. The largest absolute Gasteiger partial charge is 0.393 e. The number of hydrogen-bond donors (Lipinski definition) is 2. The zero-order valence-corrected chi connectivity index (χ0v) is 22.8. The molecule has 9 atom stereocenters. The summed E-state index contributed by atoms with van der Waals surface area (Å²) in [5.41, 5.74) is 3.93. The van der Waals surface area contributed by atoms with Crippen LogP contribution in [0.3, 0.4) is 0 Å². The van der Waals surface area contributed by atoms with Crippen molar-refractivity contribution in [2.45, 2.75) is 104 Å². The molecule has 0 aromatic carbocycles. The molecular weight excluding hydrogens is 438 g/mol.